The Bertz CT molecular complexity index is 253. The molecule has 2 rings (SSSR count). The largest absolute Gasteiger partial charge is 0.315 e. The second-order valence-electron chi connectivity index (χ2n) is 1.91. The number of aromatic nitrogens is 2. The molecule has 0 spiro atoms. The van der Waals surface area contributed by atoms with Crippen LogP contribution in [0.15, 0.2) is 30.2 Å². The van der Waals surface area contributed by atoms with Gasteiger partial charge in [0.15, 0.2) is 0 Å². The van der Waals surface area contributed by atoms with E-state index in [4.69, 9.17) is 0 Å². The van der Waals surface area contributed by atoms with E-state index in [2.05, 4.69) is 33.3 Å². The van der Waals surface area contributed by atoms with Gasteiger partial charge < -0.3 is 4.57 Å². The van der Waals surface area contributed by atoms with Crippen molar-refractivity contribution in [3.63, 3.8) is 0 Å². The predicted molar refractivity (Wildman–Crippen MR) is 45.6 cm³/mol. The van der Waals surface area contributed by atoms with Crippen LogP contribution in [0.5, 0.6) is 0 Å². The van der Waals surface area contributed by atoms with Crippen molar-refractivity contribution in [3.05, 3.63) is 30.2 Å². The maximum atomic E-state index is 4.12. The average molecular weight is 168 g/mol. The van der Waals surface area contributed by atoms with Gasteiger partial charge in [0.25, 0.3) is 0 Å². The Balaban J connectivity index is 2.48. The number of rotatable bonds is 1. The van der Waals surface area contributed by atoms with Crippen LogP contribution in [0.4, 0.5) is 0 Å². The predicted octanol–water partition coefficient (Wildman–Crippen LogP) is 2.48. The Kier molecular flexibility index (Phi) is 1.58. The fourth-order valence-corrected chi connectivity index (χ4v) is 2.23. The molecule has 1 unspecified atom stereocenters. The van der Waals surface area contributed by atoms with E-state index in [9.17, 15) is 0 Å². The fourth-order valence-electron chi connectivity index (χ4n) is 0.794. The molecule has 2 nitrogen and oxygen atoms in total. The monoisotopic (exact) mass is 168 g/mol. The lowest BCUT2D eigenvalue weighted by molar-refractivity contribution is 1.12. The first-order valence-electron chi connectivity index (χ1n) is 2.94. The lowest BCUT2D eigenvalue weighted by atomic mass is 10.7. The van der Waals surface area contributed by atoms with E-state index in [-0.39, 0.29) is 0 Å². The molecule has 2 aromatic heterocycles. The summed E-state index contributed by atoms with van der Waals surface area (Å²) in [7, 11) is 1.87. The quantitative estimate of drug-likeness (QED) is 0.639. The Labute approximate surface area is 62.2 Å². The van der Waals surface area contributed by atoms with Gasteiger partial charge in [-0.2, -0.15) is 0 Å². The maximum absolute atomic E-state index is 4.12. The van der Waals surface area contributed by atoms with Crippen molar-refractivity contribution in [2.45, 2.75) is 0 Å². The molecule has 0 radical (unpaired) electrons. The SMILES string of the molecule is c1cc(-n2ccpc2)[pH]n1. The van der Waals surface area contributed by atoms with Crippen LogP contribution in [-0.2, 0) is 0 Å². The van der Waals surface area contributed by atoms with Gasteiger partial charge in [-0.15, -0.1) is 0 Å². The molecule has 2 heterocycles. The van der Waals surface area contributed by atoms with Gasteiger partial charge in [-0.1, -0.05) is 8.19 Å². The molecule has 10 heavy (non-hydrogen) atoms. The van der Waals surface area contributed by atoms with Crippen LogP contribution >= 0.6 is 16.5 Å². The van der Waals surface area contributed by atoms with Crippen LogP contribution in [-0.4, -0.2) is 9.31 Å². The van der Waals surface area contributed by atoms with Crippen molar-refractivity contribution in [1.82, 2.24) is 9.31 Å². The van der Waals surface area contributed by atoms with Gasteiger partial charge in [0, 0.05) is 18.3 Å². The zero-order valence-corrected chi connectivity index (χ0v) is 7.12. The average Bonchev–Trinajstić information content (AvgIpc) is 2.59. The van der Waals surface area contributed by atoms with Gasteiger partial charge in [0.05, 0.1) is 5.42 Å². The van der Waals surface area contributed by atoms with E-state index in [1.807, 2.05) is 6.20 Å². The third-order valence-corrected chi connectivity index (χ3v) is 2.89. The van der Waals surface area contributed by atoms with Crippen molar-refractivity contribution in [2.24, 2.45) is 0 Å². The highest BCUT2D eigenvalue weighted by atomic mass is 31.0. The highest BCUT2D eigenvalue weighted by Gasteiger charge is 1.91. The van der Waals surface area contributed by atoms with Crippen LogP contribution in [0.3, 0.4) is 0 Å². The Hall–Kier alpha value is -0.580. The molecule has 0 aliphatic carbocycles. The minimum absolute atomic E-state index is 0.603. The Morgan fingerprint density at radius 2 is 2.60 bits per heavy atom. The lowest BCUT2D eigenvalue weighted by Crippen LogP contribution is -1.80. The van der Waals surface area contributed by atoms with Gasteiger partial charge in [0.2, 0.25) is 0 Å². The van der Waals surface area contributed by atoms with Crippen molar-refractivity contribution in [2.75, 3.05) is 0 Å². The first-order valence-corrected chi connectivity index (χ1v) is 4.92. The fraction of sp³-hybridized carbons (Fsp3) is 0. The highest BCUT2D eigenvalue weighted by molar-refractivity contribution is 7.29. The minimum atomic E-state index is 0.603. The molecule has 50 valence electrons. The summed E-state index contributed by atoms with van der Waals surface area (Å²) in [6.45, 7) is 0. The molecule has 0 fully saturated rings. The molecule has 0 aromatic carbocycles. The summed E-state index contributed by atoms with van der Waals surface area (Å²) in [4.78, 5) is 0. The third kappa shape index (κ3) is 1.01. The minimum Gasteiger partial charge on any atom is -0.315 e. The van der Waals surface area contributed by atoms with E-state index in [0.29, 0.717) is 8.35 Å². The topological polar surface area (TPSA) is 17.8 Å². The first-order chi connectivity index (χ1) is 4.97. The van der Waals surface area contributed by atoms with Gasteiger partial charge >= 0.3 is 0 Å². The third-order valence-electron chi connectivity index (χ3n) is 1.27. The molecule has 0 amide bonds. The van der Waals surface area contributed by atoms with E-state index in [1.165, 1.54) is 13.6 Å². The van der Waals surface area contributed by atoms with Crippen LogP contribution in [0.25, 0.3) is 5.42 Å². The van der Waals surface area contributed by atoms with E-state index in [0.717, 1.165) is 0 Å². The smallest absolute Gasteiger partial charge is 0.0811 e. The summed E-state index contributed by atoms with van der Waals surface area (Å²) in [6.07, 6.45) is 3.94. The molecular formula is C6H6N2P2. The summed E-state index contributed by atoms with van der Waals surface area (Å²) in [5, 5.41) is 0. The molecular weight excluding hydrogens is 162 g/mol. The maximum Gasteiger partial charge on any atom is 0.0811 e. The zero-order valence-electron chi connectivity index (χ0n) is 5.23. The molecule has 2 aromatic rings. The second kappa shape index (κ2) is 2.57. The normalized spacial score (nSPS) is 11.6. The second-order valence-corrected chi connectivity index (χ2v) is 3.73. The van der Waals surface area contributed by atoms with Crippen LogP contribution in [0.2, 0.25) is 0 Å². The summed E-state index contributed by atoms with van der Waals surface area (Å²) in [5.41, 5.74) is 1.29. The molecule has 0 saturated carbocycles. The van der Waals surface area contributed by atoms with Gasteiger partial charge in [-0.3, -0.25) is 0 Å². The summed E-state index contributed by atoms with van der Waals surface area (Å²) in [5.74, 6) is 4.25. The first kappa shape index (κ1) is 6.15. The summed E-state index contributed by atoms with van der Waals surface area (Å²) < 4.78 is 6.25. The van der Waals surface area contributed by atoms with Gasteiger partial charge in [-0.25, -0.2) is 4.75 Å². The van der Waals surface area contributed by atoms with Crippen LogP contribution in [0, 0.1) is 0 Å². The molecule has 4 heteroatoms. The molecule has 0 saturated heterocycles. The highest BCUT2D eigenvalue weighted by Crippen LogP contribution is 2.18. The van der Waals surface area contributed by atoms with Crippen molar-refractivity contribution in [1.29, 1.82) is 0 Å². The van der Waals surface area contributed by atoms with E-state index < -0.39 is 0 Å². The molecule has 1 atom stereocenters. The standard InChI is InChI=1S/C6H6N2P2/c1-2-7-10-6(1)8-3-4-9-5-8/h1-5,10H. The van der Waals surface area contributed by atoms with Crippen molar-refractivity contribution >= 4 is 16.5 Å². The van der Waals surface area contributed by atoms with Gasteiger partial charge in [-0.05, 0) is 20.2 Å². The number of nitrogens with zero attached hydrogens (tertiary/aromatic N) is 2. The molecule has 0 aliphatic heterocycles. The molecule has 0 N–H and O–H groups in total. The molecule has 0 bridgehead atoms. The summed E-state index contributed by atoms with van der Waals surface area (Å²) >= 11 is 0. The van der Waals surface area contributed by atoms with Crippen molar-refractivity contribution in [3.8, 4) is 5.42 Å². The van der Waals surface area contributed by atoms with Gasteiger partial charge in [0.1, 0.15) is 0 Å². The lowest BCUT2D eigenvalue weighted by Gasteiger charge is -1.93. The number of hydrogen-bond acceptors (Lipinski definition) is 1. The number of hydrogen-bond donors (Lipinski definition) is 0. The van der Waals surface area contributed by atoms with Crippen molar-refractivity contribution < 1.29 is 0 Å². The van der Waals surface area contributed by atoms with E-state index in [1.54, 1.807) is 0 Å². The zero-order chi connectivity index (χ0) is 6.81. The Morgan fingerprint density at radius 3 is 3.20 bits per heavy atom. The van der Waals surface area contributed by atoms with Crippen LogP contribution in [0.1, 0.15) is 0 Å². The van der Waals surface area contributed by atoms with E-state index >= 15 is 0 Å². The van der Waals surface area contributed by atoms with Crippen LogP contribution < -0.4 is 0 Å². The Morgan fingerprint density at radius 1 is 1.60 bits per heavy atom. The molecule has 0 aliphatic rings. The summed E-state index contributed by atoms with van der Waals surface area (Å²) in [6, 6.07) is 2.06.